The summed E-state index contributed by atoms with van der Waals surface area (Å²) in [6, 6.07) is 9.49. The zero-order valence-electron chi connectivity index (χ0n) is 15.2. The third-order valence-corrected chi connectivity index (χ3v) is 6.34. The molecule has 1 aromatic heterocycles. The van der Waals surface area contributed by atoms with Crippen molar-refractivity contribution >= 4 is 9.84 Å². The molecule has 3 rings (SSSR count). The Labute approximate surface area is 158 Å². The zero-order chi connectivity index (χ0) is 19.4. The standard InChI is InChI=1S/C19H24FNO5S/c1-14-6-7-17(26-14)11-21(15-8-9-27(23,24)13-15)10-16(22)12-25-19-5-3-2-4-18(19)20/h2-7,15-16,22H,8-13H2,1H3. The summed E-state index contributed by atoms with van der Waals surface area (Å²) < 4.78 is 48.3. The zero-order valence-corrected chi connectivity index (χ0v) is 16.0. The Hall–Kier alpha value is -1.90. The number of halogens is 1. The van der Waals surface area contributed by atoms with Gasteiger partial charge in [-0.2, -0.15) is 0 Å². The molecule has 0 spiro atoms. The van der Waals surface area contributed by atoms with E-state index in [-0.39, 0.29) is 36.4 Å². The molecule has 0 amide bonds. The Morgan fingerprint density at radius 1 is 1.33 bits per heavy atom. The molecule has 2 atom stereocenters. The number of para-hydroxylation sites is 1. The third-order valence-electron chi connectivity index (χ3n) is 4.59. The Balaban J connectivity index is 1.64. The molecular weight excluding hydrogens is 373 g/mol. The van der Waals surface area contributed by atoms with E-state index in [4.69, 9.17) is 9.15 Å². The number of nitrogens with zero attached hydrogens (tertiary/aromatic N) is 1. The van der Waals surface area contributed by atoms with Gasteiger partial charge in [0.1, 0.15) is 24.2 Å². The van der Waals surface area contributed by atoms with E-state index < -0.39 is 21.8 Å². The minimum atomic E-state index is -3.06. The van der Waals surface area contributed by atoms with Gasteiger partial charge >= 0.3 is 0 Å². The average molecular weight is 397 g/mol. The van der Waals surface area contributed by atoms with Crippen LogP contribution in [0.4, 0.5) is 4.39 Å². The second-order valence-corrected chi connectivity index (χ2v) is 9.12. The highest BCUT2D eigenvalue weighted by Crippen LogP contribution is 2.22. The fraction of sp³-hybridized carbons (Fsp3) is 0.474. The maximum absolute atomic E-state index is 13.6. The van der Waals surface area contributed by atoms with Crippen LogP contribution in [0.2, 0.25) is 0 Å². The summed E-state index contributed by atoms with van der Waals surface area (Å²) in [7, 11) is -3.06. The van der Waals surface area contributed by atoms with Crippen molar-refractivity contribution in [3.63, 3.8) is 0 Å². The van der Waals surface area contributed by atoms with Crippen LogP contribution >= 0.6 is 0 Å². The number of rotatable bonds is 8. The van der Waals surface area contributed by atoms with Gasteiger partial charge in [0.15, 0.2) is 21.4 Å². The van der Waals surface area contributed by atoms with Crippen LogP contribution in [0.1, 0.15) is 17.9 Å². The number of ether oxygens (including phenoxy) is 1. The van der Waals surface area contributed by atoms with E-state index in [9.17, 15) is 17.9 Å². The van der Waals surface area contributed by atoms with Crippen molar-refractivity contribution in [2.75, 3.05) is 24.7 Å². The van der Waals surface area contributed by atoms with Gasteiger partial charge in [0, 0.05) is 12.6 Å². The number of sulfone groups is 1. The van der Waals surface area contributed by atoms with Crippen molar-refractivity contribution in [2.24, 2.45) is 0 Å². The van der Waals surface area contributed by atoms with E-state index >= 15 is 0 Å². The van der Waals surface area contributed by atoms with Gasteiger partial charge in [-0.1, -0.05) is 12.1 Å². The number of hydrogen-bond acceptors (Lipinski definition) is 6. The molecule has 0 radical (unpaired) electrons. The predicted octanol–water partition coefficient (Wildman–Crippen LogP) is 2.16. The number of aliphatic hydroxyl groups is 1. The quantitative estimate of drug-likeness (QED) is 0.735. The van der Waals surface area contributed by atoms with E-state index in [1.807, 2.05) is 24.0 Å². The second kappa shape index (κ2) is 8.41. The number of aryl methyl sites for hydroxylation is 1. The summed E-state index contributed by atoms with van der Waals surface area (Å²) in [6.07, 6.45) is -0.382. The highest BCUT2D eigenvalue weighted by Gasteiger charge is 2.33. The topological polar surface area (TPSA) is 80.0 Å². The van der Waals surface area contributed by atoms with Gasteiger partial charge in [0.25, 0.3) is 0 Å². The van der Waals surface area contributed by atoms with E-state index in [1.54, 1.807) is 12.1 Å². The van der Waals surface area contributed by atoms with Gasteiger partial charge in [-0.05, 0) is 37.6 Å². The maximum Gasteiger partial charge on any atom is 0.165 e. The monoisotopic (exact) mass is 397 g/mol. The molecule has 1 aliphatic rings. The van der Waals surface area contributed by atoms with E-state index in [0.717, 1.165) is 5.76 Å². The lowest BCUT2D eigenvalue weighted by molar-refractivity contribution is 0.0485. The van der Waals surface area contributed by atoms with Crippen molar-refractivity contribution in [1.29, 1.82) is 0 Å². The molecule has 0 saturated carbocycles. The maximum atomic E-state index is 13.6. The smallest absolute Gasteiger partial charge is 0.165 e. The molecule has 0 aliphatic carbocycles. The Morgan fingerprint density at radius 3 is 2.74 bits per heavy atom. The lowest BCUT2D eigenvalue weighted by atomic mass is 10.2. The third kappa shape index (κ3) is 5.54. The van der Waals surface area contributed by atoms with Crippen LogP contribution in [0.15, 0.2) is 40.8 Å². The molecule has 1 aromatic carbocycles. The predicted molar refractivity (Wildman–Crippen MR) is 98.8 cm³/mol. The van der Waals surface area contributed by atoms with Gasteiger partial charge in [-0.3, -0.25) is 4.90 Å². The van der Waals surface area contributed by atoms with Gasteiger partial charge in [0.2, 0.25) is 0 Å². The second-order valence-electron chi connectivity index (χ2n) is 6.89. The average Bonchev–Trinajstić information content (AvgIpc) is 3.18. The number of furan rings is 1. The first-order valence-electron chi connectivity index (χ1n) is 8.87. The first kappa shape index (κ1) is 19.9. The molecule has 6 nitrogen and oxygen atoms in total. The Morgan fingerprint density at radius 2 is 2.11 bits per heavy atom. The lowest BCUT2D eigenvalue weighted by Crippen LogP contribution is -2.42. The molecule has 1 aliphatic heterocycles. The van der Waals surface area contributed by atoms with Crippen LogP contribution in [-0.2, 0) is 16.4 Å². The van der Waals surface area contributed by atoms with Crippen molar-refractivity contribution < 1.29 is 27.1 Å². The molecule has 1 saturated heterocycles. The van der Waals surface area contributed by atoms with Crippen molar-refractivity contribution in [2.45, 2.75) is 32.0 Å². The molecule has 2 heterocycles. The fourth-order valence-electron chi connectivity index (χ4n) is 3.25. The molecule has 2 aromatic rings. The first-order valence-corrected chi connectivity index (χ1v) is 10.7. The summed E-state index contributed by atoms with van der Waals surface area (Å²) in [6.45, 7) is 2.35. The lowest BCUT2D eigenvalue weighted by Gasteiger charge is -2.29. The summed E-state index contributed by atoms with van der Waals surface area (Å²) in [5, 5.41) is 10.4. The van der Waals surface area contributed by atoms with Gasteiger partial charge in [-0.15, -0.1) is 0 Å². The molecule has 1 fully saturated rings. The minimum Gasteiger partial charge on any atom is -0.488 e. The molecule has 1 N–H and O–H groups in total. The van der Waals surface area contributed by atoms with Crippen molar-refractivity contribution in [3.8, 4) is 5.75 Å². The highest BCUT2D eigenvalue weighted by molar-refractivity contribution is 7.91. The summed E-state index contributed by atoms with van der Waals surface area (Å²) in [5.41, 5.74) is 0. The highest BCUT2D eigenvalue weighted by atomic mass is 32.2. The van der Waals surface area contributed by atoms with Gasteiger partial charge in [0.05, 0.1) is 18.1 Å². The Kier molecular flexibility index (Phi) is 6.18. The van der Waals surface area contributed by atoms with Crippen LogP contribution in [0, 0.1) is 12.7 Å². The first-order chi connectivity index (χ1) is 12.8. The van der Waals surface area contributed by atoms with Gasteiger partial charge in [-0.25, -0.2) is 12.8 Å². The minimum absolute atomic E-state index is 0.0631. The molecule has 148 valence electrons. The van der Waals surface area contributed by atoms with Crippen LogP contribution in [0.25, 0.3) is 0 Å². The fourth-order valence-corrected chi connectivity index (χ4v) is 5.01. The summed E-state index contributed by atoms with van der Waals surface area (Å²) in [4.78, 5) is 1.90. The van der Waals surface area contributed by atoms with Gasteiger partial charge < -0.3 is 14.3 Å². The number of benzene rings is 1. The molecule has 2 unspecified atom stereocenters. The van der Waals surface area contributed by atoms with E-state index in [1.165, 1.54) is 12.1 Å². The van der Waals surface area contributed by atoms with E-state index in [2.05, 4.69) is 0 Å². The molecular formula is C19H24FNO5S. The normalized spacial score (nSPS) is 20.1. The molecule has 27 heavy (non-hydrogen) atoms. The van der Waals surface area contributed by atoms with Crippen LogP contribution in [0.3, 0.4) is 0 Å². The van der Waals surface area contributed by atoms with Crippen molar-refractivity contribution in [3.05, 3.63) is 53.7 Å². The van der Waals surface area contributed by atoms with Crippen molar-refractivity contribution in [1.82, 2.24) is 4.90 Å². The number of hydrogen-bond donors (Lipinski definition) is 1. The SMILES string of the molecule is Cc1ccc(CN(CC(O)COc2ccccc2F)C2CCS(=O)(=O)C2)o1. The number of aliphatic hydroxyl groups excluding tert-OH is 1. The summed E-state index contributed by atoms with van der Waals surface area (Å²) in [5.74, 6) is 1.27. The summed E-state index contributed by atoms with van der Waals surface area (Å²) >= 11 is 0. The van der Waals surface area contributed by atoms with E-state index in [0.29, 0.717) is 18.7 Å². The largest absolute Gasteiger partial charge is 0.488 e. The molecule has 0 bridgehead atoms. The van der Waals surface area contributed by atoms with Crippen LogP contribution in [0.5, 0.6) is 5.75 Å². The Bertz CT molecular complexity index is 866. The molecule has 8 heteroatoms. The van der Waals surface area contributed by atoms with Crippen LogP contribution < -0.4 is 4.74 Å². The van der Waals surface area contributed by atoms with Crippen LogP contribution in [-0.4, -0.2) is 55.2 Å².